The van der Waals surface area contributed by atoms with Crippen LogP contribution in [-0.4, -0.2) is 42.0 Å². The number of nitrogens with one attached hydrogen (secondary N) is 1. The Hall–Kier alpha value is -3.09. The standard InChI is InChI=1S/C28H39FN2O4/c1-6-20(5)30-28(33)24(7-2)31(19-22-10-14-23(29)15-11-22)27(32)17-13-21-12-16-25(34-8-3)26(18-21)35-9-4/h10-12,14-16,18,20,24H,6-9,13,17,19H2,1-5H3,(H,30,33)/t20-,24-/m1/s1. The third kappa shape index (κ3) is 8.57. The molecule has 0 bridgehead atoms. The van der Waals surface area contributed by atoms with Gasteiger partial charge in [0.25, 0.3) is 0 Å². The third-order valence-electron chi connectivity index (χ3n) is 5.89. The molecule has 0 aromatic heterocycles. The second-order valence-corrected chi connectivity index (χ2v) is 8.54. The maximum absolute atomic E-state index is 13.4. The summed E-state index contributed by atoms with van der Waals surface area (Å²) in [6.07, 6.45) is 2.00. The second-order valence-electron chi connectivity index (χ2n) is 8.54. The average molecular weight is 487 g/mol. The first-order chi connectivity index (χ1) is 16.8. The van der Waals surface area contributed by atoms with E-state index in [1.54, 1.807) is 17.0 Å². The van der Waals surface area contributed by atoms with Crippen LogP contribution >= 0.6 is 0 Å². The maximum atomic E-state index is 13.4. The summed E-state index contributed by atoms with van der Waals surface area (Å²) in [5.74, 6) is 0.690. The number of benzene rings is 2. The van der Waals surface area contributed by atoms with Crippen molar-refractivity contribution in [1.82, 2.24) is 10.2 Å². The molecule has 1 N–H and O–H groups in total. The maximum Gasteiger partial charge on any atom is 0.243 e. The predicted molar refractivity (Wildman–Crippen MR) is 136 cm³/mol. The van der Waals surface area contributed by atoms with Gasteiger partial charge in [0.05, 0.1) is 13.2 Å². The molecule has 192 valence electrons. The van der Waals surface area contributed by atoms with E-state index in [4.69, 9.17) is 9.47 Å². The molecule has 0 unspecified atom stereocenters. The molecule has 0 saturated carbocycles. The first-order valence-electron chi connectivity index (χ1n) is 12.6. The van der Waals surface area contributed by atoms with E-state index in [1.807, 2.05) is 52.8 Å². The Kier molecular flexibility index (Phi) is 11.5. The Balaban J connectivity index is 2.23. The highest BCUT2D eigenvalue weighted by Crippen LogP contribution is 2.29. The number of halogens is 1. The van der Waals surface area contributed by atoms with Crippen molar-refractivity contribution in [2.24, 2.45) is 0 Å². The van der Waals surface area contributed by atoms with Crippen molar-refractivity contribution >= 4 is 11.8 Å². The summed E-state index contributed by atoms with van der Waals surface area (Å²) in [7, 11) is 0. The van der Waals surface area contributed by atoms with Gasteiger partial charge in [0, 0.05) is 19.0 Å². The van der Waals surface area contributed by atoms with Crippen LogP contribution in [0.3, 0.4) is 0 Å². The summed E-state index contributed by atoms with van der Waals surface area (Å²) in [6.45, 7) is 10.9. The number of hydrogen-bond acceptors (Lipinski definition) is 4. The molecular formula is C28H39FN2O4. The largest absolute Gasteiger partial charge is 0.490 e. The molecule has 7 heteroatoms. The predicted octanol–water partition coefficient (Wildman–Crippen LogP) is 5.28. The number of aryl methyl sites for hydroxylation is 1. The highest BCUT2D eigenvalue weighted by Gasteiger charge is 2.29. The molecule has 6 nitrogen and oxygen atoms in total. The average Bonchev–Trinajstić information content (AvgIpc) is 2.85. The smallest absolute Gasteiger partial charge is 0.243 e. The number of amides is 2. The van der Waals surface area contributed by atoms with E-state index >= 15 is 0 Å². The molecule has 2 aromatic carbocycles. The van der Waals surface area contributed by atoms with Gasteiger partial charge in [-0.25, -0.2) is 4.39 Å². The number of carbonyl (C=O) groups is 2. The first-order valence-corrected chi connectivity index (χ1v) is 12.6. The summed E-state index contributed by atoms with van der Waals surface area (Å²) in [5, 5.41) is 3.00. The lowest BCUT2D eigenvalue weighted by molar-refractivity contribution is -0.141. The molecule has 0 aliphatic heterocycles. The monoisotopic (exact) mass is 486 g/mol. The van der Waals surface area contributed by atoms with E-state index in [9.17, 15) is 14.0 Å². The molecule has 0 radical (unpaired) electrons. The fourth-order valence-corrected chi connectivity index (χ4v) is 3.79. The van der Waals surface area contributed by atoms with Crippen LogP contribution in [0.25, 0.3) is 0 Å². The Morgan fingerprint density at radius 3 is 2.14 bits per heavy atom. The van der Waals surface area contributed by atoms with Crippen LogP contribution in [0.15, 0.2) is 42.5 Å². The molecule has 0 heterocycles. The van der Waals surface area contributed by atoms with E-state index in [0.29, 0.717) is 37.6 Å². The molecule has 0 aliphatic rings. The SMILES string of the molecule is CCOc1ccc(CCC(=O)N(Cc2ccc(F)cc2)[C@H](CC)C(=O)N[C@H](C)CC)cc1OCC. The van der Waals surface area contributed by atoms with Crippen molar-refractivity contribution in [2.75, 3.05) is 13.2 Å². The van der Waals surface area contributed by atoms with Crippen LogP contribution in [0.2, 0.25) is 0 Å². The van der Waals surface area contributed by atoms with Crippen molar-refractivity contribution < 1.29 is 23.5 Å². The molecule has 0 saturated heterocycles. The lowest BCUT2D eigenvalue weighted by atomic mass is 10.1. The number of nitrogens with zero attached hydrogens (tertiary/aromatic N) is 1. The molecule has 35 heavy (non-hydrogen) atoms. The highest BCUT2D eigenvalue weighted by molar-refractivity contribution is 5.88. The van der Waals surface area contributed by atoms with Gasteiger partial charge >= 0.3 is 0 Å². The van der Waals surface area contributed by atoms with Gasteiger partial charge in [-0.05, 0) is 75.4 Å². The lowest BCUT2D eigenvalue weighted by Gasteiger charge is -2.31. The zero-order valence-corrected chi connectivity index (χ0v) is 21.6. The fraction of sp³-hybridized carbons (Fsp3) is 0.500. The normalized spacial score (nSPS) is 12.5. The third-order valence-corrected chi connectivity index (χ3v) is 5.89. The van der Waals surface area contributed by atoms with Crippen LogP contribution < -0.4 is 14.8 Å². The molecule has 2 amide bonds. The summed E-state index contributed by atoms with van der Waals surface area (Å²) in [6, 6.07) is 11.1. The van der Waals surface area contributed by atoms with Gasteiger partial charge in [-0.15, -0.1) is 0 Å². The Labute approximate surface area is 208 Å². The number of hydrogen-bond donors (Lipinski definition) is 1. The van der Waals surface area contributed by atoms with Gasteiger partial charge in [-0.2, -0.15) is 0 Å². The zero-order chi connectivity index (χ0) is 25.8. The van der Waals surface area contributed by atoms with Crippen LogP contribution in [0, 0.1) is 5.82 Å². The van der Waals surface area contributed by atoms with Crippen molar-refractivity contribution in [3.63, 3.8) is 0 Å². The minimum atomic E-state index is -0.610. The molecular weight excluding hydrogens is 447 g/mol. The first kappa shape index (κ1) is 28.1. The number of rotatable bonds is 14. The minimum Gasteiger partial charge on any atom is -0.490 e. The summed E-state index contributed by atoms with van der Waals surface area (Å²) in [4.78, 5) is 28.1. The molecule has 0 aliphatic carbocycles. The molecule has 2 atom stereocenters. The van der Waals surface area contributed by atoms with Crippen LogP contribution in [0.5, 0.6) is 11.5 Å². The van der Waals surface area contributed by atoms with E-state index < -0.39 is 6.04 Å². The van der Waals surface area contributed by atoms with Crippen molar-refractivity contribution in [2.45, 2.75) is 78.9 Å². The quantitative estimate of drug-likeness (QED) is 0.395. The van der Waals surface area contributed by atoms with Gasteiger partial charge in [0.1, 0.15) is 11.9 Å². The fourth-order valence-electron chi connectivity index (χ4n) is 3.79. The minimum absolute atomic E-state index is 0.0140. The van der Waals surface area contributed by atoms with E-state index in [0.717, 1.165) is 17.5 Å². The van der Waals surface area contributed by atoms with Crippen LogP contribution in [0.4, 0.5) is 4.39 Å². The van der Waals surface area contributed by atoms with Crippen LogP contribution in [-0.2, 0) is 22.6 Å². The summed E-state index contributed by atoms with van der Waals surface area (Å²) >= 11 is 0. The summed E-state index contributed by atoms with van der Waals surface area (Å²) < 4.78 is 24.8. The van der Waals surface area contributed by atoms with Crippen molar-refractivity contribution in [3.05, 3.63) is 59.4 Å². The zero-order valence-electron chi connectivity index (χ0n) is 21.6. The van der Waals surface area contributed by atoms with Crippen LogP contribution in [0.1, 0.15) is 65.0 Å². The molecule has 0 fully saturated rings. The van der Waals surface area contributed by atoms with Gasteiger partial charge in [0.15, 0.2) is 11.5 Å². The molecule has 2 rings (SSSR count). The van der Waals surface area contributed by atoms with Gasteiger partial charge < -0.3 is 19.7 Å². The van der Waals surface area contributed by atoms with Gasteiger partial charge in [-0.1, -0.05) is 32.0 Å². The topological polar surface area (TPSA) is 67.9 Å². The van der Waals surface area contributed by atoms with Crippen molar-refractivity contribution in [3.8, 4) is 11.5 Å². The Bertz CT molecular complexity index is 948. The number of carbonyl (C=O) groups excluding carboxylic acids is 2. The highest BCUT2D eigenvalue weighted by atomic mass is 19.1. The van der Waals surface area contributed by atoms with E-state index in [-0.39, 0.29) is 36.6 Å². The summed E-state index contributed by atoms with van der Waals surface area (Å²) in [5.41, 5.74) is 1.72. The Morgan fingerprint density at radius 2 is 1.54 bits per heavy atom. The molecule has 0 spiro atoms. The lowest BCUT2D eigenvalue weighted by Crippen LogP contribution is -2.50. The molecule has 2 aromatic rings. The number of ether oxygens (including phenoxy) is 2. The second kappa shape index (κ2) is 14.3. The Morgan fingerprint density at radius 1 is 0.914 bits per heavy atom. The van der Waals surface area contributed by atoms with E-state index in [1.165, 1.54) is 12.1 Å². The van der Waals surface area contributed by atoms with Gasteiger partial charge in [-0.3, -0.25) is 9.59 Å². The van der Waals surface area contributed by atoms with E-state index in [2.05, 4.69) is 5.32 Å². The van der Waals surface area contributed by atoms with Crippen molar-refractivity contribution in [1.29, 1.82) is 0 Å². The van der Waals surface area contributed by atoms with Gasteiger partial charge in [0.2, 0.25) is 11.8 Å².